The zero-order chi connectivity index (χ0) is 41.7. The monoisotopic (exact) mass is 774 g/mol. The molecule has 12 heteroatoms. The molecule has 1 fully saturated rings. The zero-order valence-electron chi connectivity index (χ0n) is 35.8. The number of aliphatic hydroxyl groups excluding tert-OH is 1. The van der Waals surface area contributed by atoms with Crippen LogP contribution in [0, 0.1) is 35.5 Å². The quantitative estimate of drug-likeness (QED) is 0.146. The van der Waals surface area contributed by atoms with Gasteiger partial charge in [-0.15, -0.1) is 0 Å². The molecule has 10 atom stereocenters. The molecule has 1 N–H and O–H groups in total. The smallest absolute Gasteiger partial charge is 0.409 e. The molecule has 312 valence electrons. The molecule has 0 radical (unpaired) electrons. The third-order valence-electron chi connectivity index (χ3n) is 11.9. The van der Waals surface area contributed by atoms with Gasteiger partial charge in [0.1, 0.15) is 5.78 Å². The second-order valence-electron chi connectivity index (χ2n) is 16.4. The summed E-state index contributed by atoms with van der Waals surface area (Å²) in [6, 6.07) is 7.75. The normalized spacial score (nSPS) is 19.5. The summed E-state index contributed by atoms with van der Waals surface area (Å²) in [6.07, 6.45) is -0.277. The van der Waals surface area contributed by atoms with E-state index in [4.69, 9.17) is 14.2 Å². The van der Waals surface area contributed by atoms with Crippen molar-refractivity contribution in [3.63, 3.8) is 0 Å². The van der Waals surface area contributed by atoms with Crippen LogP contribution in [0.3, 0.4) is 0 Å². The van der Waals surface area contributed by atoms with Crippen LogP contribution in [-0.2, 0) is 33.4 Å². The number of benzene rings is 1. The Labute approximate surface area is 330 Å². The summed E-state index contributed by atoms with van der Waals surface area (Å²) in [5.41, 5.74) is 0.762. The molecule has 2 rings (SSSR count). The molecule has 2 unspecified atom stereocenters. The lowest BCUT2D eigenvalue weighted by Crippen LogP contribution is -2.54. The van der Waals surface area contributed by atoms with Gasteiger partial charge in [0, 0.05) is 59.5 Å². The maximum Gasteiger partial charge on any atom is 0.409 e. The number of aliphatic hydroxyl groups is 1. The fourth-order valence-electron chi connectivity index (χ4n) is 8.43. The number of methoxy groups -OCH3 is 3. The van der Waals surface area contributed by atoms with Crippen LogP contribution in [0.2, 0.25) is 0 Å². The largest absolute Gasteiger partial charge is 0.453 e. The average molecular weight is 774 g/mol. The predicted molar refractivity (Wildman–Crippen MR) is 213 cm³/mol. The third-order valence-corrected chi connectivity index (χ3v) is 11.9. The molecule has 1 aromatic carbocycles. The van der Waals surface area contributed by atoms with E-state index in [9.17, 15) is 29.1 Å². The van der Waals surface area contributed by atoms with E-state index in [0.29, 0.717) is 13.0 Å². The van der Waals surface area contributed by atoms with E-state index in [1.807, 2.05) is 85.7 Å². The van der Waals surface area contributed by atoms with E-state index in [-0.39, 0.29) is 72.4 Å². The van der Waals surface area contributed by atoms with Gasteiger partial charge in [0.15, 0.2) is 5.78 Å². The van der Waals surface area contributed by atoms with Crippen molar-refractivity contribution in [1.29, 1.82) is 0 Å². The highest BCUT2D eigenvalue weighted by molar-refractivity contribution is 5.92. The summed E-state index contributed by atoms with van der Waals surface area (Å²) in [5, 5.41) is 10.9. The number of carbonyl (C=O) groups is 5. The van der Waals surface area contributed by atoms with Gasteiger partial charge in [-0.3, -0.25) is 19.2 Å². The number of likely N-dealkylation sites (N-methyl/N-ethyl adjacent to an activating group) is 2. The highest BCUT2D eigenvalue weighted by atomic mass is 16.5. The number of hydrogen-bond acceptors (Lipinski definition) is 9. The molecule has 1 aliphatic heterocycles. The Morgan fingerprint density at radius 2 is 1.44 bits per heavy atom. The number of ketones is 2. The van der Waals surface area contributed by atoms with Gasteiger partial charge in [0.25, 0.3) is 0 Å². The van der Waals surface area contributed by atoms with Crippen molar-refractivity contribution in [2.75, 3.05) is 42.0 Å². The molecule has 1 heterocycles. The average Bonchev–Trinajstić information content (AvgIpc) is 3.65. The fourth-order valence-corrected chi connectivity index (χ4v) is 8.43. The lowest BCUT2D eigenvalue weighted by Gasteiger charge is -2.41. The van der Waals surface area contributed by atoms with Crippen LogP contribution in [0.5, 0.6) is 0 Å². The highest BCUT2D eigenvalue weighted by Crippen LogP contribution is 2.33. The topological polar surface area (TPSA) is 143 Å². The minimum absolute atomic E-state index is 0.0172. The summed E-state index contributed by atoms with van der Waals surface area (Å²) >= 11 is 0. The molecule has 3 amide bonds. The molecule has 0 saturated carbocycles. The van der Waals surface area contributed by atoms with Crippen molar-refractivity contribution in [3.8, 4) is 0 Å². The van der Waals surface area contributed by atoms with E-state index >= 15 is 0 Å². The van der Waals surface area contributed by atoms with E-state index in [0.717, 1.165) is 18.4 Å². The first-order chi connectivity index (χ1) is 25.9. The van der Waals surface area contributed by atoms with Crippen LogP contribution >= 0.6 is 0 Å². The van der Waals surface area contributed by atoms with Crippen molar-refractivity contribution in [2.24, 2.45) is 35.5 Å². The molecule has 1 aliphatic rings. The highest BCUT2D eigenvalue weighted by Gasteiger charge is 2.43. The van der Waals surface area contributed by atoms with E-state index < -0.39 is 48.3 Å². The van der Waals surface area contributed by atoms with Crippen molar-refractivity contribution in [1.82, 2.24) is 14.7 Å². The number of nitrogens with zero attached hydrogens (tertiary/aromatic N) is 3. The number of hydrogen-bond donors (Lipinski definition) is 1. The molecular weight excluding hydrogens is 702 g/mol. The second kappa shape index (κ2) is 22.4. The molecule has 0 bridgehead atoms. The van der Waals surface area contributed by atoms with Crippen LogP contribution in [0.25, 0.3) is 0 Å². The minimum Gasteiger partial charge on any atom is -0.453 e. The lowest BCUT2D eigenvalue weighted by atomic mass is 9.83. The zero-order valence-corrected chi connectivity index (χ0v) is 35.8. The van der Waals surface area contributed by atoms with Gasteiger partial charge in [-0.05, 0) is 42.1 Å². The Hall–Kier alpha value is -3.35. The first-order valence-electron chi connectivity index (χ1n) is 20.1. The molecule has 1 aromatic rings. The maximum absolute atomic E-state index is 14.4. The van der Waals surface area contributed by atoms with Crippen molar-refractivity contribution in [3.05, 3.63) is 35.9 Å². The Morgan fingerprint density at radius 3 is 1.95 bits per heavy atom. The summed E-state index contributed by atoms with van der Waals surface area (Å²) in [6.45, 7) is 15.8. The van der Waals surface area contributed by atoms with Gasteiger partial charge < -0.3 is 34.0 Å². The summed E-state index contributed by atoms with van der Waals surface area (Å²) in [4.78, 5) is 73.0. The standard InChI is InChI=1S/C43H71N3O9/c1-14-28(6)39(44(9)42(51)32(26(2)3)24-35(48)38(27(4)5)45(10)43(52)55-13)36(53-11)25-37(49)46-22-18-21-33(46)41(54-12)30(8)34(47)23-29(7)40(50)31-19-16-15-17-20-31/h15-17,19-20,26-30,32-33,36,38-41,50H,14,18,21-25H2,1-13H3/t28-,29-,30-,32-,33?,36+,38-,39-,40+,41?/m0/s1. The van der Waals surface area contributed by atoms with Gasteiger partial charge in [0.2, 0.25) is 11.8 Å². The van der Waals surface area contributed by atoms with Gasteiger partial charge in [-0.2, -0.15) is 0 Å². The number of ether oxygens (including phenoxy) is 3. The Kier molecular flexibility index (Phi) is 19.5. The van der Waals surface area contributed by atoms with E-state index in [2.05, 4.69) is 0 Å². The lowest BCUT2D eigenvalue weighted by molar-refractivity contribution is -0.149. The summed E-state index contributed by atoms with van der Waals surface area (Å²) in [7, 11) is 7.64. The van der Waals surface area contributed by atoms with Gasteiger partial charge >= 0.3 is 6.09 Å². The Bertz CT molecular complexity index is 1390. The number of amides is 3. The summed E-state index contributed by atoms with van der Waals surface area (Å²) < 4.78 is 16.9. The molecule has 55 heavy (non-hydrogen) atoms. The van der Waals surface area contributed by atoms with Crippen LogP contribution in [0.4, 0.5) is 4.79 Å². The number of rotatable bonds is 22. The summed E-state index contributed by atoms with van der Waals surface area (Å²) in [5.74, 6) is -2.51. The number of Topliss-reactive ketones (excluding diaryl/α,β-unsaturated/α-hetero) is 2. The van der Waals surface area contributed by atoms with Gasteiger partial charge in [-0.1, -0.05) is 92.1 Å². The van der Waals surface area contributed by atoms with E-state index in [1.54, 1.807) is 31.1 Å². The van der Waals surface area contributed by atoms with Gasteiger partial charge in [0.05, 0.1) is 50.0 Å². The molecular formula is C43H71N3O9. The van der Waals surface area contributed by atoms with Crippen LogP contribution < -0.4 is 0 Å². The fraction of sp³-hybridized carbons (Fsp3) is 0.744. The van der Waals surface area contributed by atoms with Crippen LogP contribution in [-0.4, -0.2) is 122 Å². The molecule has 1 saturated heterocycles. The Morgan fingerprint density at radius 1 is 0.818 bits per heavy atom. The van der Waals surface area contributed by atoms with Crippen molar-refractivity contribution < 1.29 is 43.3 Å². The first kappa shape index (κ1) is 47.8. The number of likely N-dealkylation sites (tertiary alicyclic amines) is 1. The predicted octanol–water partition coefficient (Wildman–Crippen LogP) is 6.19. The molecule has 0 aromatic heterocycles. The third kappa shape index (κ3) is 12.3. The van der Waals surface area contributed by atoms with Crippen molar-refractivity contribution >= 4 is 29.5 Å². The second-order valence-corrected chi connectivity index (χ2v) is 16.4. The van der Waals surface area contributed by atoms with Gasteiger partial charge in [-0.25, -0.2) is 4.79 Å². The van der Waals surface area contributed by atoms with Crippen LogP contribution in [0.1, 0.15) is 106 Å². The number of carbonyl (C=O) groups excluding carboxylic acids is 5. The minimum atomic E-state index is -0.779. The SMILES string of the molecule is CC[C@H](C)[C@@H]([C@@H](CC(=O)N1CCCC1C(OC)[C@@H](C)C(=O)C[C@H](C)[C@@H](O)c1ccccc1)OC)N(C)C(=O)[C@@H](CC(=O)[C@H](C(C)C)N(C)C(=O)OC)C(C)C. The van der Waals surface area contributed by atoms with Crippen molar-refractivity contribution in [2.45, 2.75) is 130 Å². The Balaban J connectivity index is 2.28. The molecule has 0 aliphatic carbocycles. The maximum atomic E-state index is 14.4. The van der Waals surface area contributed by atoms with E-state index in [1.165, 1.54) is 19.1 Å². The first-order valence-corrected chi connectivity index (χ1v) is 20.1. The van der Waals surface area contributed by atoms with Crippen LogP contribution in [0.15, 0.2) is 30.3 Å². The molecule has 12 nitrogen and oxygen atoms in total. The molecule has 0 spiro atoms.